The Hall–Kier alpha value is -0.930. The van der Waals surface area contributed by atoms with E-state index in [0.717, 1.165) is 25.2 Å². The van der Waals surface area contributed by atoms with Crippen molar-refractivity contribution >= 4 is 0 Å². The second-order valence-electron chi connectivity index (χ2n) is 6.58. The number of hydrogen-bond acceptors (Lipinski definition) is 2. The molecule has 2 nitrogen and oxygen atoms in total. The first kappa shape index (κ1) is 15.0. The Balaban J connectivity index is 1.65. The predicted octanol–water partition coefficient (Wildman–Crippen LogP) is 3.84. The summed E-state index contributed by atoms with van der Waals surface area (Å²) in [5, 5.41) is 3.51. The van der Waals surface area contributed by atoms with Crippen LogP contribution in [0.4, 0.5) is 4.39 Å². The molecular formula is C18H27FN2. The van der Waals surface area contributed by atoms with Crippen LogP contribution in [0.2, 0.25) is 0 Å². The van der Waals surface area contributed by atoms with Crippen LogP contribution in [0.25, 0.3) is 0 Å². The lowest BCUT2D eigenvalue weighted by molar-refractivity contribution is 0.198. The minimum absolute atomic E-state index is 0.0541. The molecule has 0 spiro atoms. The summed E-state index contributed by atoms with van der Waals surface area (Å²) in [6.07, 6.45) is 7.79. The zero-order chi connectivity index (χ0) is 14.7. The molecule has 3 heteroatoms. The van der Waals surface area contributed by atoms with Crippen molar-refractivity contribution in [3.05, 3.63) is 35.1 Å². The molecule has 0 bridgehead atoms. The van der Waals surface area contributed by atoms with Gasteiger partial charge in [0.2, 0.25) is 0 Å². The molecule has 0 radical (unpaired) electrons. The Morgan fingerprint density at radius 2 is 1.95 bits per heavy atom. The number of hydrogen-bond donors (Lipinski definition) is 1. The zero-order valence-electron chi connectivity index (χ0n) is 13.1. The lowest BCUT2D eigenvalue weighted by Gasteiger charge is -2.27. The Morgan fingerprint density at radius 3 is 2.62 bits per heavy atom. The third-order valence-corrected chi connectivity index (χ3v) is 4.90. The molecular weight excluding hydrogens is 263 g/mol. The first-order valence-corrected chi connectivity index (χ1v) is 8.51. The highest BCUT2D eigenvalue weighted by atomic mass is 19.1. The fraction of sp³-hybridized carbons (Fsp3) is 0.667. The van der Waals surface area contributed by atoms with E-state index in [-0.39, 0.29) is 5.82 Å². The molecule has 21 heavy (non-hydrogen) atoms. The van der Waals surface area contributed by atoms with Crippen molar-refractivity contribution in [3.63, 3.8) is 0 Å². The Bertz CT molecular complexity index is 464. The van der Waals surface area contributed by atoms with Crippen LogP contribution in [-0.4, -0.2) is 23.5 Å². The van der Waals surface area contributed by atoms with E-state index in [9.17, 15) is 4.39 Å². The quantitative estimate of drug-likeness (QED) is 0.820. The van der Waals surface area contributed by atoms with Crippen molar-refractivity contribution in [2.45, 2.75) is 70.6 Å². The molecule has 1 aromatic rings. The lowest BCUT2D eigenvalue weighted by atomic mass is 10.1. The molecule has 0 heterocycles. The van der Waals surface area contributed by atoms with Crippen molar-refractivity contribution in [2.24, 2.45) is 0 Å². The van der Waals surface area contributed by atoms with Crippen LogP contribution >= 0.6 is 0 Å². The van der Waals surface area contributed by atoms with E-state index in [4.69, 9.17) is 0 Å². The topological polar surface area (TPSA) is 15.3 Å². The van der Waals surface area contributed by atoms with Crippen LogP contribution in [0.1, 0.15) is 56.6 Å². The summed E-state index contributed by atoms with van der Waals surface area (Å²) in [5.41, 5.74) is 2.07. The fourth-order valence-corrected chi connectivity index (χ4v) is 3.40. The van der Waals surface area contributed by atoms with Gasteiger partial charge in [-0.2, -0.15) is 0 Å². The molecule has 116 valence electrons. The first-order valence-electron chi connectivity index (χ1n) is 8.51. The van der Waals surface area contributed by atoms with E-state index in [2.05, 4.69) is 23.2 Å². The van der Waals surface area contributed by atoms with Gasteiger partial charge >= 0.3 is 0 Å². The van der Waals surface area contributed by atoms with Crippen LogP contribution < -0.4 is 5.32 Å². The second kappa shape index (κ2) is 6.89. The van der Waals surface area contributed by atoms with E-state index in [1.54, 1.807) is 6.07 Å². The van der Waals surface area contributed by atoms with Crippen LogP contribution in [0.3, 0.4) is 0 Å². The van der Waals surface area contributed by atoms with Crippen LogP contribution in [0, 0.1) is 5.82 Å². The first-order chi connectivity index (χ1) is 10.3. The van der Waals surface area contributed by atoms with Gasteiger partial charge in [-0.15, -0.1) is 0 Å². The summed E-state index contributed by atoms with van der Waals surface area (Å²) < 4.78 is 14.1. The minimum atomic E-state index is -0.0541. The molecule has 2 fully saturated rings. The van der Waals surface area contributed by atoms with E-state index >= 15 is 0 Å². The molecule has 3 rings (SSSR count). The maximum atomic E-state index is 14.1. The number of halogens is 1. The van der Waals surface area contributed by atoms with Gasteiger partial charge in [0.1, 0.15) is 5.82 Å². The third kappa shape index (κ3) is 4.04. The summed E-state index contributed by atoms with van der Waals surface area (Å²) in [4.78, 5) is 2.45. The van der Waals surface area contributed by atoms with Gasteiger partial charge in [-0.05, 0) is 43.9 Å². The summed E-state index contributed by atoms with van der Waals surface area (Å²) in [7, 11) is 0. The van der Waals surface area contributed by atoms with Gasteiger partial charge in [-0.1, -0.05) is 31.9 Å². The Labute approximate surface area is 127 Å². The van der Waals surface area contributed by atoms with E-state index in [0.29, 0.717) is 12.1 Å². The summed E-state index contributed by atoms with van der Waals surface area (Å²) in [6, 6.07) is 6.97. The number of rotatable bonds is 7. The van der Waals surface area contributed by atoms with Crippen molar-refractivity contribution in [1.82, 2.24) is 10.2 Å². The average Bonchev–Trinajstić information content (AvgIpc) is 3.17. The fourth-order valence-electron chi connectivity index (χ4n) is 3.40. The summed E-state index contributed by atoms with van der Waals surface area (Å²) >= 11 is 0. The Kier molecular flexibility index (Phi) is 4.91. The van der Waals surface area contributed by atoms with Crippen LogP contribution in [-0.2, 0) is 13.1 Å². The monoisotopic (exact) mass is 290 g/mol. The van der Waals surface area contributed by atoms with Gasteiger partial charge in [-0.3, -0.25) is 4.90 Å². The van der Waals surface area contributed by atoms with Crippen LogP contribution in [0.15, 0.2) is 18.2 Å². The predicted molar refractivity (Wildman–Crippen MR) is 84.6 cm³/mol. The van der Waals surface area contributed by atoms with Gasteiger partial charge in [0.05, 0.1) is 0 Å². The van der Waals surface area contributed by atoms with Gasteiger partial charge in [-0.25, -0.2) is 4.39 Å². The highest BCUT2D eigenvalue weighted by Crippen LogP contribution is 2.26. The molecule has 1 aromatic carbocycles. The van der Waals surface area contributed by atoms with Crippen molar-refractivity contribution < 1.29 is 4.39 Å². The number of nitrogens with zero attached hydrogens (tertiary/aromatic N) is 1. The molecule has 2 aliphatic carbocycles. The molecule has 0 amide bonds. The maximum Gasteiger partial charge on any atom is 0.127 e. The smallest absolute Gasteiger partial charge is 0.127 e. The van der Waals surface area contributed by atoms with Gasteiger partial charge < -0.3 is 5.32 Å². The largest absolute Gasteiger partial charge is 0.310 e. The lowest BCUT2D eigenvalue weighted by Crippen LogP contribution is -2.32. The SMILES string of the molecule is CCN(Cc1cc(CNC2CC2)ccc1F)C1CCCC1. The van der Waals surface area contributed by atoms with Crippen molar-refractivity contribution in [1.29, 1.82) is 0 Å². The standard InChI is InChI=1S/C18H27FN2/c1-2-21(17-5-3-4-6-17)13-15-11-14(7-10-18(15)19)12-20-16-8-9-16/h7,10-11,16-17,20H,2-6,8-9,12-13H2,1H3. The molecule has 0 aromatic heterocycles. The molecule has 0 unspecified atom stereocenters. The molecule has 0 aliphatic heterocycles. The molecule has 2 aliphatic rings. The maximum absolute atomic E-state index is 14.1. The summed E-state index contributed by atoms with van der Waals surface area (Å²) in [5.74, 6) is -0.0541. The van der Waals surface area contributed by atoms with Gasteiger partial charge in [0, 0.05) is 30.7 Å². The van der Waals surface area contributed by atoms with Gasteiger partial charge in [0.15, 0.2) is 0 Å². The van der Waals surface area contributed by atoms with Crippen molar-refractivity contribution in [3.8, 4) is 0 Å². The van der Waals surface area contributed by atoms with Gasteiger partial charge in [0.25, 0.3) is 0 Å². The van der Waals surface area contributed by atoms with E-state index in [1.807, 2.05) is 6.07 Å². The molecule has 1 N–H and O–H groups in total. The minimum Gasteiger partial charge on any atom is -0.310 e. The average molecular weight is 290 g/mol. The van der Waals surface area contributed by atoms with E-state index < -0.39 is 0 Å². The van der Waals surface area contributed by atoms with E-state index in [1.165, 1.54) is 44.1 Å². The molecule has 2 saturated carbocycles. The van der Waals surface area contributed by atoms with Crippen molar-refractivity contribution in [2.75, 3.05) is 6.54 Å². The number of nitrogens with one attached hydrogen (secondary N) is 1. The highest BCUT2D eigenvalue weighted by Gasteiger charge is 2.23. The molecule has 0 saturated heterocycles. The highest BCUT2D eigenvalue weighted by molar-refractivity contribution is 5.25. The third-order valence-electron chi connectivity index (χ3n) is 4.90. The molecule has 0 atom stereocenters. The number of benzene rings is 1. The zero-order valence-corrected chi connectivity index (χ0v) is 13.1. The second-order valence-corrected chi connectivity index (χ2v) is 6.58. The normalized spacial score (nSPS) is 19.6. The Morgan fingerprint density at radius 1 is 1.19 bits per heavy atom. The summed E-state index contributed by atoms with van der Waals surface area (Å²) in [6.45, 7) is 4.82. The van der Waals surface area contributed by atoms with Crippen LogP contribution in [0.5, 0.6) is 0 Å².